The summed E-state index contributed by atoms with van der Waals surface area (Å²) in [4.78, 5) is 77.8. The van der Waals surface area contributed by atoms with Gasteiger partial charge < -0.3 is 4.74 Å². The summed E-state index contributed by atoms with van der Waals surface area (Å²) in [5, 5.41) is 24.0. The Kier molecular flexibility index (Phi) is 6.33. The number of imide groups is 2. The van der Waals surface area contributed by atoms with Crippen LogP contribution in [0.25, 0.3) is 21.5 Å². The lowest BCUT2D eigenvalue weighted by molar-refractivity contribution is -0.383. The van der Waals surface area contributed by atoms with Gasteiger partial charge in [0.2, 0.25) is 0 Å². The summed E-state index contributed by atoms with van der Waals surface area (Å²) in [5.41, 5.74) is 0.811. The van der Waals surface area contributed by atoms with Gasteiger partial charge in [0, 0.05) is 45.2 Å². The molecule has 0 radical (unpaired) electrons. The second kappa shape index (κ2) is 10.6. The van der Waals surface area contributed by atoms with E-state index >= 15 is 0 Å². The summed E-state index contributed by atoms with van der Waals surface area (Å²) >= 11 is 0. The molecule has 2 heterocycles. The Balaban J connectivity index is 1.03. The minimum absolute atomic E-state index is 0.170. The highest BCUT2D eigenvalue weighted by atomic mass is 16.6. The van der Waals surface area contributed by atoms with Gasteiger partial charge in [-0.2, -0.15) is 0 Å². The second-order valence-electron chi connectivity index (χ2n) is 11.2. The Morgan fingerprint density at radius 2 is 0.796 bits per heavy atom. The predicted octanol–water partition coefficient (Wildman–Crippen LogP) is 7.20. The fourth-order valence-electron chi connectivity index (χ4n) is 6.41. The third-order valence-corrected chi connectivity index (χ3v) is 8.59. The molecule has 2 aliphatic rings. The predicted molar refractivity (Wildman–Crippen MR) is 176 cm³/mol. The van der Waals surface area contributed by atoms with Crippen LogP contribution in [-0.2, 0) is 0 Å². The van der Waals surface area contributed by atoms with E-state index in [0.717, 1.165) is 9.80 Å². The molecule has 0 unspecified atom stereocenters. The summed E-state index contributed by atoms with van der Waals surface area (Å²) in [6, 6.07) is 26.7. The molecule has 0 N–H and O–H groups in total. The van der Waals surface area contributed by atoms with Crippen LogP contribution in [0.15, 0.2) is 109 Å². The van der Waals surface area contributed by atoms with E-state index in [9.17, 15) is 39.4 Å². The van der Waals surface area contributed by atoms with Gasteiger partial charge in [0.1, 0.15) is 11.5 Å². The van der Waals surface area contributed by atoms with Crippen LogP contribution in [0.5, 0.6) is 11.5 Å². The molecule has 4 amide bonds. The van der Waals surface area contributed by atoms with Crippen LogP contribution >= 0.6 is 0 Å². The van der Waals surface area contributed by atoms with Crippen molar-refractivity contribution < 1.29 is 33.8 Å². The molecule has 0 aromatic heterocycles. The Bertz CT molecular complexity index is 2290. The Morgan fingerprint density at radius 1 is 0.449 bits per heavy atom. The SMILES string of the molecule is O=C1c2cccc3c([N+](=O)[O-])ccc(c23)C(=O)N1c1ccc(Oc2ccc(N3C(=O)c4cccc5c([N+](=O)[O-])ccc(c45)C3=O)cc2)cc1. The van der Waals surface area contributed by atoms with Crippen molar-refractivity contribution in [3.63, 3.8) is 0 Å². The number of carbonyl (C=O) groups excluding carboxylic acids is 4. The molecule has 8 rings (SSSR count). The first-order chi connectivity index (χ1) is 23.6. The van der Waals surface area contributed by atoms with Crippen LogP contribution in [0.2, 0.25) is 0 Å². The lowest BCUT2D eigenvalue weighted by atomic mass is 9.92. The van der Waals surface area contributed by atoms with E-state index in [4.69, 9.17) is 4.74 Å². The number of rotatable bonds is 6. The van der Waals surface area contributed by atoms with Crippen molar-refractivity contribution in [2.45, 2.75) is 0 Å². The fraction of sp³-hybridized carbons (Fsp3) is 0. The zero-order valence-electron chi connectivity index (χ0n) is 24.9. The lowest BCUT2D eigenvalue weighted by Gasteiger charge is -2.27. The molecule has 6 aromatic carbocycles. The monoisotopic (exact) mass is 650 g/mol. The number of anilines is 2. The molecule has 236 valence electrons. The van der Waals surface area contributed by atoms with E-state index in [1.807, 2.05) is 0 Å². The molecule has 2 aliphatic heterocycles. The summed E-state index contributed by atoms with van der Waals surface area (Å²) < 4.78 is 5.94. The summed E-state index contributed by atoms with van der Waals surface area (Å²) in [5.74, 6) is -1.75. The quantitative estimate of drug-likeness (QED) is 0.103. The Hall–Kier alpha value is -7.28. The van der Waals surface area contributed by atoms with Crippen molar-refractivity contribution in [1.82, 2.24) is 0 Å². The molecule has 0 atom stereocenters. The summed E-state index contributed by atoms with van der Waals surface area (Å²) in [6.07, 6.45) is 0. The van der Waals surface area contributed by atoms with Crippen LogP contribution in [0.1, 0.15) is 41.4 Å². The first kappa shape index (κ1) is 29.1. The van der Waals surface area contributed by atoms with Crippen molar-refractivity contribution in [2.75, 3.05) is 9.80 Å². The van der Waals surface area contributed by atoms with Crippen molar-refractivity contribution in [1.29, 1.82) is 0 Å². The standard InChI is InChI=1S/C36H18N4O9/c41-33-25-5-1-3-23-29(39(45)46)17-15-27(31(23)25)35(43)37(33)19-7-11-21(12-8-19)49-22-13-9-20(10-14-22)38-34(42)26-6-2-4-24-30(40(47)48)18-16-28(32(24)26)36(38)44/h1-18H. The highest BCUT2D eigenvalue weighted by Crippen LogP contribution is 2.39. The average Bonchev–Trinajstić information content (AvgIpc) is 3.10. The van der Waals surface area contributed by atoms with Crippen molar-refractivity contribution in [3.8, 4) is 11.5 Å². The Labute approximate surface area is 274 Å². The number of hydrogen-bond acceptors (Lipinski definition) is 9. The molecule has 0 saturated carbocycles. The van der Waals surface area contributed by atoms with Crippen LogP contribution in [0.4, 0.5) is 22.7 Å². The minimum Gasteiger partial charge on any atom is -0.457 e. The van der Waals surface area contributed by atoms with Crippen molar-refractivity contribution in [3.05, 3.63) is 152 Å². The highest BCUT2D eigenvalue weighted by molar-refractivity contribution is 6.37. The number of benzene rings is 6. The number of amides is 4. The molecule has 13 nitrogen and oxygen atoms in total. The van der Waals surface area contributed by atoms with Gasteiger partial charge in [0.25, 0.3) is 35.0 Å². The molecule has 0 aliphatic carbocycles. The smallest absolute Gasteiger partial charge is 0.277 e. The third-order valence-electron chi connectivity index (χ3n) is 8.59. The number of ether oxygens (including phenoxy) is 1. The van der Waals surface area contributed by atoms with Gasteiger partial charge >= 0.3 is 0 Å². The first-order valence-electron chi connectivity index (χ1n) is 14.7. The van der Waals surface area contributed by atoms with Gasteiger partial charge in [0.05, 0.1) is 32.0 Å². The molecule has 0 saturated heterocycles. The number of nitro benzene ring substituents is 2. The summed E-state index contributed by atoms with van der Waals surface area (Å²) in [6.45, 7) is 0. The van der Waals surface area contributed by atoms with E-state index < -0.39 is 33.5 Å². The maximum Gasteiger partial charge on any atom is 0.277 e. The molecule has 0 fully saturated rings. The van der Waals surface area contributed by atoms with Crippen LogP contribution in [0.3, 0.4) is 0 Å². The number of hydrogen-bond donors (Lipinski definition) is 0. The zero-order valence-corrected chi connectivity index (χ0v) is 24.9. The van der Waals surface area contributed by atoms with Gasteiger partial charge in [0.15, 0.2) is 0 Å². The lowest BCUT2D eigenvalue weighted by Crippen LogP contribution is -2.40. The molecule has 0 spiro atoms. The molecular weight excluding hydrogens is 632 g/mol. The van der Waals surface area contributed by atoms with Gasteiger partial charge in [-0.25, -0.2) is 9.80 Å². The Morgan fingerprint density at radius 3 is 1.14 bits per heavy atom. The fourth-order valence-corrected chi connectivity index (χ4v) is 6.41. The van der Waals surface area contributed by atoms with Crippen LogP contribution < -0.4 is 14.5 Å². The first-order valence-corrected chi connectivity index (χ1v) is 14.7. The maximum atomic E-state index is 13.5. The van der Waals surface area contributed by atoms with Gasteiger partial charge in [-0.3, -0.25) is 39.4 Å². The van der Waals surface area contributed by atoms with E-state index in [1.165, 1.54) is 84.9 Å². The second-order valence-corrected chi connectivity index (χ2v) is 11.2. The third kappa shape index (κ3) is 4.33. The van der Waals surface area contributed by atoms with Crippen LogP contribution in [-0.4, -0.2) is 33.5 Å². The van der Waals surface area contributed by atoms with E-state index in [0.29, 0.717) is 11.5 Å². The normalized spacial score (nSPS) is 13.7. The molecule has 49 heavy (non-hydrogen) atoms. The zero-order chi connectivity index (χ0) is 34.1. The van der Waals surface area contributed by atoms with Gasteiger partial charge in [-0.1, -0.05) is 12.1 Å². The molecular formula is C36H18N4O9. The maximum absolute atomic E-state index is 13.5. The van der Waals surface area contributed by atoms with E-state index in [1.54, 1.807) is 24.3 Å². The van der Waals surface area contributed by atoms with Gasteiger partial charge in [-0.15, -0.1) is 0 Å². The number of carbonyl (C=O) groups is 4. The number of non-ortho nitro benzene ring substituents is 2. The number of nitrogens with zero attached hydrogens (tertiary/aromatic N) is 4. The van der Waals surface area contributed by atoms with Crippen molar-refractivity contribution in [2.24, 2.45) is 0 Å². The molecule has 0 bridgehead atoms. The highest BCUT2D eigenvalue weighted by Gasteiger charge is 2.37. The van der Waals surface area contributed by atoms with E-state index in [2.05, 4.69) is 0 Å². The number of nitro groups is 2. The molecule has 6 aromatic rings. The largest absolute Gasteiger partial charge is 0.457 e. The van der Waals surface area contributed by atoms with Gasteiger partial charge in [-0.05, 0) is 84.9 Å². The molecule has 13 heteroatoms. The summed E-state index contributed by atoms with van der Waals surface area (Å²) in [7, 11) is 0. The van der Waals surface area contributed by atoms with Crippen molar-refractivity contribution >= 4 is 67.9 Å². The van der Waals surface area contributed by atoms with Crippen LogP contribution in [0, 0.1) is 20.2 Å². The van der Waals surface area contributed by atoms with E-state index in [-0.39, 0.29) is 66.5 Å². The average molecular weight is 651 g/mol. The minimum atomic E-state index is -0.619. The topological polar surface area (TPSA) is 170 Å².